The van der Waals surface area contributed by atoms with E-state index in [2.05, 4.69) is 25.3 Å². The molecular weight excluding hydrogens is 368 g/mol. The Hall–Kier alpha value is -3.98. The lowest BCUT2D eigenvalue weighted by molar-refractivity contribution is -0.114. The van der Waals surface area contributed by atoms with Crippen LogP contribution in [0.1, 0.15) is 13.9 Å². The molecule has 4 aromatic rings. The Labute approximate surface area is 168 Å². The largest absolute Gasteiger partial charge is 0.396 e. The summed E-state index contributed by atoms with van der Waals surface area (Å²) in [6, 6.07) is 11.0. The number of fused-ring (bicyclic) bond motifs is 1. The summed E-state index contributed by atoms with van der Waals surface area (Å²) in [6.07, 6.45) is 5.25. The average molecular weight is 390 g/mol. The zero-order valence-corrected chi connectivity index (χ0v) is 15.8. The summed E-state index contributed by atoms with van der Waals surface area (Å²) in [6.45, 7) is 1.84. The van der Waals surface area contributed by atoms with Crippen LogP contribution in [0.25, 0.3) is 22.3 Å². The van der Waals surface area contributed by atoms with Crippen LogP contribution in [-0.4, -0.2) is 25.8 Å². The van der Waals surface area contributed by atoms with Gasteiger partial charge in [0.1, 0.15) is 11.5 Å². The number of pyridine rings is 3. The van der Waals surface area contributed by atoms with Crippen molar-refractivity contribution in [1.82, 2.24) is 19.9 Å². The highest BCUT2D eigenvalue weighted by atomic mass is 16.1. The quantitative estimate of drug-likeness (QED) is 0.303. The van der Waals surface area contributed by atoms with Gasteiger partial charge >= 0.3 is 0 Å². The molecule has 9 nitrogen and oxygen atoms in total. The molecule has 0 radical (unpaired) electrons. The van der Waals surface area contributed by atoms with Gasteiger partial charge in [0.25, 0.3) is 0 Å². The zero-order chi connectivity index (χ0) is 20.4. The first-order chi connectivity index (χ1) is 14.0. The fraction of sp³-hybridized carbons (Fsp3) is 0.100. The standard InChI is InChI=1S/C20H20N8O.H2/c1-12(29)26-18-7-4-13(9-24-18)17-6-5-16(21)20(27-17)28(22)11-14-10-25-19-15(14)3-2-8-23-19;/h2-10H,11,21-22H2,1H3,(H,23,25)(H,24,26,29);1H. The molecule has 0 aromatic carbocycles. The van der Waals surface area contributed by atoms with Crippen LogP contribution in [0.3, 0.4) is 0 Å². The fourth-order valence-electron chi connectivity index (χ4n) is 3.05. The lowest BCUT2D eigenvalue weighted by atomic mass is 10.1. The molecule has 0 fully saturated rings. The second kappa shape index (κ2) is 7.56. The van der Waals surface area contributed by atoms with E-state index in [0.717, 1.165) is 22.2 Å². The van der Waals surface area contributed by atoms with Gasteiger partial charge in [-0.1, -0.05) is 0 Å². The summed E-state index contributed by atoms with van der Waals surface area (Å²) in [5, 5.41) is 5.14. The van der Waals surface area contributed by atoms with Crippen LogP contribution in [0.5, 0.6) is 0 Å². The van der Waals surface area contributed by atoms with Crippen LogP contribution in [0.4, 0.5) is 17.3 Å². The van der Waals surface area contributed by atoms with Gasteiger partial charge in [-0.3, -0.25) is 9.80 Å². The number of H-pyrrole nitrogens is 1. The smallest absolute Gasteiger partial charge is 0.222 e. The number of nitrogen functional groups attached to an aromatic ring is 1. The molecule has 0 aliphatic carbocycles. The molecule has 0 aliphatic rings. The van der Waals surface area contributed by atoms with Gasteiger partial charge in [0.2, 0.25) is 5.91 Å². The molecule has 29 heavy (non-hydrogen) atoms. The predicted molar refractivity (Wildman–Crippen MR) is 115 cm³/mol. The number of carbonyl (C=O) groups excluding carboxylic acids is 1. The zero-order valence-electron chi connectivity index (χ0n) is 15.8. The molecule has 0 saturated heterocycles. The lowest BCUT2D eigenvalue weighted by Crippen LogP contribution is -2.31. The second-order valence-corrected chi connectivity index (χ2v) is 6.56. The van der Waals surface area contributed by atoms with Gasteiger partial charge in [-0.05, 0) is 36.4 Å². The number of amides is 1. The van der Waals surface area contributed by atoms with Crippen molar-refractivity contribution in [2.45, 2.75) is 13.5 Å². The van der Waals surface area contributed by atoms with E-state index in [-0.39, 0.29) is 7.33 Å². The second-order valence-electron chi connectivity index (χ2n) is 6.56. The summed E-state index contributed by atoms with van der Waals surface area (Å²) in [5.74, 6) is 7.06. The Bertz CT molecular complexity index is 1180. The third kappa shape index (κ3) is 3.85. The summed E-state index contributed by atoms with van der Waals surface area (Å²) in [7, 11) is 0. The van der Waals surface area contributed by atoms with Crippen LogP contribution in [0.2, 0.25) is 0 Å². The van der Waals surface area contributed by atoms with Crippen molar-refractivity contribution in [2.75, 3.05) is 16.1 Å². The topological polar surface area (TPSA) is 139 Å². The molecule has 0 aliphatic heterocycles. The van der Waals surface area contributed by atoms with E-state index in [4.69, 9.17) is 11.6 Å². The predicted octanol–water partition coefficient (Wildman–Crippen LogP) is 2.69. The van der Waals surface area contributed by atoms with Crippen LogP contribution in [0.15, 0.2) is 55.0 Å². The number of nitrogens with two attached hydrogens (primary N) is 2. The molecule has 0 bridgehead atoms. The van der Waals surface area contributed by atoms with Gasteiger partial charge in [0.05, 0.1) is 17.9 Å². The summed E-state index contributed by atoms with van der Waals surface area (Å²) < 4.78 is 0. The first kappa shape index (κ1) is 18.4. The molecule has 148 valence electrons. The number of rotatable bonds is 5. The Kier molecular flexibility index (Phi) is 4.80. The van der Waals surface area contributed by atoms with Crippen LogP contribution in [-0.2, 0) is 11.3 Å². The molecule has 4 aromatic heterocycles. The van der Waals surface area contributed by atoms with Crippen LogP contribution >= 0.6 is 0 Å². The van der Waals surface area contributed by atoms with Crippen molar-refractivity contribution >= 4 is 34.3 Å². The Morgan fingerprint density at radius 3 is 2.86 bits per heavy atom. The summed E-state index contributed by atoms with van der Waals surface area (Å²) >= 11 is 0. The van der Waals surface area contributed by atoms with E-state index < -0.39 is 0 Å². The van der Waals surface area contributed by atoms with Crippen molar-refractivity contribution in [3.05, 3.63) is 60.6 Å². The molecule has 1 amide bonds. The van der Waals surface area contributed by atoms with Crippen molar-refractivity contribution in [3.63, 3.8) is 0 Å². The summed E-state index contributed by atoms with van der Waals surface area (Å²) in [5.41, 5.74) is 9.84. The first-order valence-electron chi connectivity index (χ1n) is 8.95. The third-order valence-corrected chi connectivity index (χ3v) is 4.42. The molecule has 6 N–H and O–H groups in total. The first-order valence-corrected chi connectivity index (χ1v) is 8.95. The molecule has 4 rings (SSSR count). The molecule has 9 heteroatoms. The molecule has 0 spiro atoms. The number of aromatic nitrogens is 4. The molecular formula is C20H22N8O. The van der Waals surface area contributed by atoms with Crippen molar-refractivity contribution in [1.29, 1.82) is 0 Å². The minimum Gasteiger partial charge on any atom is -0.396 e. The van der Waals surface area contributed by atoms with Crippen molar-refractivity contribution < 1.29 is 6.22 Å². The number of aromatic amines is 1. The van der Waals surface area contributed by atoms with E-state index in [0.29, 0.717) is 29.6 Å². The number of nitrogens with one attached hydrogen (secondary N) is 2. The highest BCUT2D eigenvalue weighted by Gasteiger charge is 2.14. The maximum absolute atomic E-state index is 11.1. The van der Waals surface area contributed by atoms with Crippen LogP contribution < -0.4 is 21.9 Å². The third-order valence-electron chi connectivity index (χ3n) is 4.42. The van der Waals surface area contributed by atoms with Crippen molar-refractivity contribution in [3.8, 4) is 11.3 Å². The number of nitrogens with zero attached hydrogens (tertiary/aromatic N) is 4. The summed E-state index contributed by atoms with van der Waals surface area (Å²) in [4.78, 5) is 27.4. The Morgan fingerprint density at radius 1 is 1.24 bits per heavy atom. The minimum absolute atomic E-state index is 0. The maximum Gasteiger partial charge on any atom is 0.222 e. The maximum atomic E-state index is 11.1. The number of carbonyl (C=O) groups is 1. The molecule has 0 saturated carbocycles. The molecule has 0 unspecified atom stereocenters. The fourth-order valence-corrected chi connectivity index (χ4v) is 3.05. The van der Waals surface area contributed by atoms with E-state index in [1.807, 2.05) is 24.4 Å². The van der Waals surface area contributed by atoms with E-state index in [1.54, 1.807) is 30.6 Å². The monoisotopic (exact) mass is 390 g/mol. The molecule has 0 atom stereocenters. The Morgan fingerprint density at radius 2 is 2.10 bits per heavy atom. The molecule has 4 heterocycles. The van der Waals surface area contributed by atoms with Gasteiger partial charge in [0.15, 0.2) is 5.82 Å². The van der Waals surface area contributed by atoms with Gasteiger partial charge in [-0.15, -0.1) is 0 Å². The number of anilines is 3. The lowest BCUT2D eigenvalue weighted by Gasteiger charge is -2.20. The van der Waals surface area contributed by atoms with E-state index in [9.17, 15) is 4.79 Å². The van der Waals surface area contributed by atoms with Gasteiger partial charge in [0, 0.05) is 43.5 Å². The SMILES string of the molecule is CC(=O)Nc1ccc(-c2ccc(N)c(N(N)Cc3c[nH]c4ncccc34)n2)cn1.[HH]. The van der Waals surface area contributed by atoms with E-state index in [1.165, 1.54) is 11.9 Å². The van der Waals surface area contributed by atoms with Gasteiger partial charge in [-0.25, -0.2) is 20.8 Å². The Balaban J connectivity index is 0.00000256. The normalized spacial score (nSPS) is 10.8. The minimum atomic E-state index is -0.176. The van der Waals surface area contributed by atoms with Gasteiger partial charge in [-0.2, -0.15) is 0 Å². The van der Waals surface area contributed by atoms with Crippen LogP contribution in [0, 0.1) is 0 Å². The van der Waals surface area contributed by atoms with Crippen molar-refractivity contribution in [2.24, 2.45) is 5.84 Å². The van der Waals surface area contributed by atoms with Gasteiger partial charge < -0.3 is 16.0 Å². The average Bonchev–Trinajstić information content (AvgIpc) is 3.11. The number of hydrazine groups is 1. The highest BCUT2D eigenvalue weighted by Crippen LogP contribution is 2.27. The number of hydrogen-bond acceptors (Lipinski definition) is 7. The number of hydrogen-bond donors (Lipinski definition) is 4. The highest BCUT2D eigenvalue weighted by molar-refractivity contribution is 5.87. The van der Waals surface area contributed by atoms with E-state index >= 15 is 0 Å².